The molecule has 17 heavy (non-hydrogen) atoms. The first-order valence-electron chi connectivity index (χ1n) is 6.20. The van der Waals surface area contributed by atoms with Crippen molar-refractivity contribution in [3.05, 3.63) is 23.8 Å². The number of hydrogen-bond acceptors (Lipinski definition) is 2. The molecule has 1 saturated heterocycles. The van der Waals surface area contributed by atoms with Crippen molar-refractivity contribution in [1.82, 2.24) is 4.90 Å². The van der Waals surface area contributed by atoms with E-state index >= 15 is 0 Å². The number of nitrogen functional groups attached to an aromatic ring is 1. The molecule has 0 aromatic heterocycles. The highest BCUT2D eigenvalue weighted by Gasteiger charge is 2.29. The van der Waals surface area contributed by atoms with E-state index in [0.717, 1.165) is 50.3 Å². The van der Waals surface area contributed by atoms with Crippen LogP contribution in [0.2, 0.25) is 0 Å². The first-order valence-corrected chi connectivity index (χ1v) is 6.20. The normalized spacial score (nSPS) is 18.6. The second-order valence-electron chi connectivity index (χ2n) is 4.77. The molecule has 3 rings (SSSR count). The zero-order valence-corrected chi connectivity index (χ0v) is 9.85. The molecular weight excluding hydrogens is 214 g/mol. The topological polar surface area (TPSA) is 49.6 Å². The van der Waals surface area contributed by atoms with Crippen molar-refractivity contribution in [1.29, 1.82) is 0 Å². The van der Waals surface area contributed by atoms with E-state index in [1.54, 1.807) is 0 Å². The van der Waals surface area contributed by atoms with E-state index in [1.807, 2.05) is 28.0 Å². The first-order chi connectivity index (χ1) is 8.25. The van der Waals surface area contributed by atoms with Gasteiger partial charge in [-0.3, -0.25) is 4.90 Å². The molecular formula is C13H17N3O. The monoisotopic (exact) mass is 231 g/mol. The predicted octanol–water partition coefficient (Wildman–Crippen LogP) is 1.85. The molecule has 0 saturated carbocycles. The van der Waals surface area contributed by atoms with Crippen LogP contribution in [0.5, 0.6) is 0 Å². The number of hydrogen-bond donors (Lipinski definition) is 1. The summed E-state index contributed by atoms with van der Waals surface area (Å²) in [6.45, 7) is 2.58. The highest BCUT2D eigenvalue weighted by atomic mass is 16.2. The average molecular weight is 231 g/mol. The van der Waals surface area contributed by atoms with Crippen molar-refractivity contribution >= 4 is 17.4 Å². The molecule has 1 aromatic carbocycles. The van der Waals surface area contributed by atoms with Crippen LogP contribution in [-0.4, -0.2) is 30.6 Å². The Bertz CT molecular complexity index is 452. The third kappa shape index (κ3) is 1.73. The SMILES string of the molecule is Nc1ccc2c(c1)N(C(=O)N1CCCC1)CC2. The molecule has 1 fully saturated rings. The minimum absolute atomic E-state index is 0.145. The van der Waals surface area contributed by atoms with Crippen molar-refractivity contribution in [2.24, 2.45) is 0 Å². The van der Waals surface area contributed by atoms with Crippen LogP contribution in [0.3, 0.4) is 0 Å². The van der Waals surface area contributed by atoms with Gasteiger partial charge in [0.1, 0.15) is 0 Å². The summed E-state index contributed by atoms with van der Waals surface area (Å²) in [4.78, 5) is 16.1. The highest BCUT2D eigenvalue weighted by Crippen LogP contribution is 2.31. The molecule has 1 aromatic rings. The molecule has 0 radical (unpaired) electrons. The minimum Gasteiger partial charge on any atom is -0.399 e. The van der Waals surface area contributed by atoms with Crippen LogP contribution in [0.1, 0.15) is 18.4 Å². The van der Waals surface area contributed by atoms with Gasteiger partial charge >= 0.3 is 6.03 Å². The molecule has 4 heteroatoms. The van der Waals surface area contributed by atoms with E-state index < -0.39 is 0 Å². The van der Waals surface area contributed by atoms with Crippen LogP contribution in [0.4, 0.5) is 16.2 Å². The number of nitrogens with zero attached hydrogens (tertiary/aromatic N) is 2. The van der Waals surface area contributed by atoms with Crippen molar-refractivity contribution in [3.8, 4) is 0 Å². The van der Waals surface area contributed by atoms with Gasteiger partial charge in [0.05, 0.1) is 5.69 Å². The number of likely N-dealkylation sites (tertiary alicyclic amines) is 1. The van der Waals surface area contributed by atoms with Crippen molar-refractivity contribution in [3.63, 3.8) is 0 Å². The van der Waals surface area contributed by atoms with Gasteiger partial charge in [-0.15, -0.1) is 0 Å². The molecule has 2 amide bonds. The van der Waals surface area contributed by atoms with E-state index in [1.165, 1.54) is 5.56 Å². The molecule has 0 spiro atoms. The smallest absolute Gasteiger partial charge is 0.324 e. The zero-order valence-electron chi connectivity index (χ0n) is 9.85. The lowest BCUT2D eigenvalue weighted by Crippen LogP contribution is -2.40. The van der Waals surface area contributed by atoms with E-state index in [0.29, 0.717) is 0 Å². The van der Waals surface area contributed by atoms with E-state index in [2.05, 4.69) is 0 Å². The van der Waals surface area contributed by atoms with Crippen LogP contribution in [0.25, 0.3) is 0 Å². The Kier molecular flexibility index (Phi) is 2.42. The third-order valence-electron chi connectivity index (χ3n) is 3.61. The zero-order chi connectivity index (χ0) is 11.8. The maximum Gasteiger partial charge on any atom is 0.324 e. The van der Waals surface area contributed by atoms with E-state index in [-0.39, 0.29) is 6.03 Å². The highest BCUT2D eigenvalue weighted by molar-refractivity contribution is 5.95. The number of carbonyl (C=O) groups excluding carboxylic acids is 1. The summed E-state index contributed by atoms with van der Waals surface area (Å²) in [5, 5.41) is 0. The average Bonchev–Trinajstić information content (AvgIpc) is 2.97. The fourth-order valence-corrected chi connectivity index (χ4v) is 2.67. The largest absolute Gasteiger partial charge is 0.399 e. The minimum atomic E-state index is 0.145. The molecule has 0 bridgehead atoms. The summed E-state index contributed by atoms with van der Waals surface area (Å²) in [5.41, 5.74) is 8.75. The molecule has 2 N–H and O–H groups in total. The fraction of sp³-hybridized carbons (Fsp3) is 0.462. The number of benzene rings is 1. The Labute approximate surface area is 101 Å². The van der Waals surface area contributed by atoms with Crippen LogP contribution >= 0.6 is 0 Å². The van der Waals surface area contributed by atoms with Gasteiger partial charge in [0, 0.05) is 25.3 Å². The standard InChI is InChI=1S/C13H17N3O/c14-11-4-3-10-5-8-16(12(10)9-11)13(17)15-6-1-2-7-15/h3-4,9H,1-2,5-8,14H2. The van der Waals surface area contributed by atoms with Gasteiger partial charge in [0.2, 0.25) is 0 Å². The number of amides is 2. The Morgan fingerprint density at radius 3 is 2.71 bits per heavy atom. The lowest BCUT2D eigenvalue weighted by atomic mass is 10.1. The Morgan fingerprint density at radius 1 is 1.18 bits per heavy atom. The Morgan fingerprint density at radius 2 is 1.94 bits per heavy atom. The van der Waals surface area contributed by atoms with Gasteiger partial charge < -0.3 is 10.6 Å². The molecule has 2 aliphatic rings. The first kappa shape index (κ1) is 10.4. The summed E-state index contributed by atoms with van der Waals surface area (Å²) in [5.74, 6) is 0. The van der Waals surface area contributed by atoms with Gasteiger partial charge in [-0.25, -0.2) is 4.79 Å². The summed E-state index contributed by atoms with van der Waals surface area (Å²) >= 11 is 0. The second kappa shape index (κ2) is 3.95. The van der Waals surface area contributed by atoms with Crippen LogP contribution < -0.4 is 10.6 Å². The van der Waals surface area contributed by atoms with Crippen LogP contribution in [-0.2, 0) is 6.42 Å². The Balaban J connectivity index is 1.87. The molecule has 2 aliphatic heterocycles. The molecule has 0 atom stereocenters. The van der Waals surface area contributed by atoms with Gasteiger partial charge in [-0.05, 0) is 37.0 Å². The summed E-state index contributed by atoms with van der Waals surface area (Å²) in [7, 11) is 0. The Hall–Kier alpha value is -1.71. The lowest BCUT2D eigenvalue weighted by Gasteiger charge is -2.24. The van der Waals surface area contributed by atoms with Crippen LogP contribution in [0, 0.1) is 0 Å². The lowest BCUT2D eigenvalue weighted by molar-refractivity contribution is 0.216. The van der Waals surface area contributed by atoms with E-state index in [4.69, 9.17) is 5.73 Å². The summed E-state index contributed by atoms with van der Waals surface area (Å²) in [6, 6.07) is 5.99. The third-order valence-corrected chi connectivity index (χ3v) is 3.61. The summed E-state index contributed by atoms with van der Waals surface area (Å²) < 4.78 is 0. The van der Waals surface area contributed by atoms with Crippen molar-refractivity contribution < 1.29 is 4.79 Å². The van der Waals surface area contributed by atoms with Gasteiger partial charge in [0.25, 0.3) is 0 Å². The fourth-order valence-electron chi connectivity index (χ4n) is 2.67. The number of fused-ring (bicyclic) bond motifs is 1. The summed E-state index contributed by atoms with van der Waals surface area (Å²) in [6.07, 6.45) is 3.20. The maximum absolute atomic E-state index is 12.3. The number of carbonyl (C=O) groups is 1. The van der Waals surface area contributed by atoms with Crippen LogP contribution in [0.15, 0.2) is 18.2 Å². The number of anilines is 2. The predicted molar refractivity (Wildman–Crippen MR) is 68.1 cm³/mol. The molecule has 90 valence electrons. The second-order valence-corrected chi connectivity index (χ2v) is 4.77. The van der Waals surface area contributed by atoms with Gasteiger partial charge in [-0.2, -0.15) is 0 Å². The van der Waals surface area contributed by atoms with Crippen molar-refractivity contribution in [2.75, 3.05) is 30.3 Å². The quantitative estimate of drug-likeness (QED) is 0.693. The van der Waals surface area contributed by atoms with Gasteiger partial charge in [0.15, 0.2) is 0 Å². The number of nitrogens with two attached hydrogens (primary N) is 1. The molecule has 0 unspecified atom stereocenters. The molecule has 4 nitrogen and oxygen atoms in total. The van der Waals surface area contributed by atoms with E-state index in [9.17, 15) is 4.79 Å². The number of rotatable bonds is 0. The molecule has 0 aliphatic carbocycles. The number of urea groups is 1. The maximum atomic E-state index is 12.3. The van der Waals surface area contributed by atoms with Gasteiger partial charge in [-0.1, -0.05) is 6.07 Å². The van der Waals surface area contributed by atoms with Crippen molar-refractivity contribution in [2.45, 2.75) is 19.3 Å². The molecule has 2 heterocycles.